The van der Waals surface area contributed by atoms with Gasteiger partial charge in [-0.15, -0.1) is 0 Å². The van der Waals surface area contributed by atoms with Crippen molar-refractivity contribution in [2.24, 2.45) is 17.6 Å². The fourth-order valence-electron chi connectivity index (χ4n) is 4.47. The normalized spacial score (nSPS) is 26.6. The summed E-state index contributed by atoms with van der Waals surface area (Å²) >= 11 is 0. The van der Waals surface area contributed by atoms with Gasteiger partial charge in [-0.05, 0) is 49.3 Å². The maximum Gasteiger partial charge on any atom is 0.225 e. The van der Waals surface area contributed by atoms with Crippen molar-refractivity contribution < 1.29 is 34.8 Å². The molecule has 2 aliphatic carbocycles. The predicted molar refractivity (Wildman–Crippen MR) is 98.2 cm³/mol. The number of rotatable bonds is 5. The van der Waals surface area contributed by atoms with Gasteiger partial charge in [0.15, 0.2) is 11.4 Å². The number of hydrogen-bond acceptors (Lipinski definition) is 7. The molecule has 1 amide bonds. The number of carbonyl (C=O) groups excluding carboxylic acids is 3. The Bertz CT molecular complexity index is 904. The van der Waals surface area contributed by atoms with Gasteiger partial charge in [0.1, 0.15) is 11.5 Å². The van der Waals surface area contributed by atoms with Gasteiger partial charge in [0, 0.05) is 18.1 Å². The average Bonchev–Trinajstić information content (AvgIpc) is 2.61. The third-order valence-electron chi connectivity index (χ3n) is 5.86. The van der Waals surface area contributed by atoms with E-state index in [9.17, 15) is 34.8 Å². The van der Waals surface area contributed by atoms with E-state index in [2.05, 4.69) is 0 Å². The number of aliphatic hydroxyl groups is 3. The summed E-state index contributed by atoms with van der Waals surface area (Å²) in [7, 11) is 0. The Labute approximate surface area is 161 Å². The number of primary amides is 1. The number of phenols is 1. The van der Waals surface area contributed by atoms with E-state index in [0.717, 1.165) is 5.56 Å². The van der Waals surface area contributed by atoms with Gasteiger partial charge in [-0.25, -0.2) is 0 Å². The number of benzene rings is 1. The number of amides is 1. The number of fused-ring (bicyclic) bond motifs is 2. The lowest BCUT2D eigenvalue weighted by Crippen LogP contribution is -2.59. The van der Waals surface area contributed by atoms with Crippen molar-refractivity contribution in [2.45, 2.75) is 38.2 Å². The first-order chi connectivity index (χ1) is 13.1. The number of ketones is 2. The van der Waals surface area contributed by atoms with E-state index in [1.54, 1.807) is 6.07 Å². The first-order valence-electron chi connectivity index (χ1n) is 9.07. The molecular formula is C20H23NO7. The van der Waals surface area contributed by atoms with Gasteiger partial charge >= 0.3 is 0 Å². The number of nitrogens with two attached hydrogens (primary N) is 1. The molecule has 150 valence electrons. The Balaban J connectivity index is 2.17. The monoisotopic (exact) mass is 389 g/mol. The van der Waals surface area contributed by atoms with Crippen molar-refractivity contribution in [3.05, 3.63) is 34.4 Å². The van der Waals surface area contributed by atoms with Crippen LogP contribution in [-0.2, 0) is 20.8 Å². The van der Waals surface area contributed by atoms with Crippen LogP contribution in [-0.4, -0.2) is 50.1 Å². The summed E-state index contributed by atoms with van der Waals surface area (Å²) in [4.78, 5) is 37.0. The van der Waals surface area contributed by atoms with Crippen molar-refractivity contribution in [3.63, 3.8) is 0 Å². The van der Waals surface area contributed by atoms with Crippen LogP contribution < -0.4 is 5.73 Å². The smallest absolute Gasteiger partial charge is 0.225 e. The summed E-state index contributed by atoms with van der Waals surface area (Å²) in [5, 5.41) is 41.4. The van der Waals surface area contributed by atoms with Crippen molar-refractivity contribution >= 4 is 23.2 Å². The minimum absolute atomic E-state index is 0.0246. The van der Waals surface area contributed by atoms with Gasteiger partial charge in [0.05, 0.1) is 12.0 Å². The van der Waals surface area contributed by atoms with Crippen LogP contribution in [0.4, 0.5) is 0 Å². The number of Topliss-reactive ketones (excluding diaryl/α,β-unsaturated/α-hetero) is 2. The molecule has 1 saturated carbocycles. The highest BCUT2D eigenvalue weighted by atomic mass is 16.3. The second kappa shape index (κ2) is 7.03. The molecule has 0 unspecified atom stereocenters. The summed E-state index contributed by atoms with van der Waals surface area (Å²) in [5.74, 6) is -5.13. The minimum atomic E-state index is -2.56. The molecule has 0 heterocycles. The number of aliphatic hydroxyl groups excluding tert-OH is 2. The Kier molecular flexibility index (Phi) is 5.03. The highest BCUT2D eigenvalue weighted by molar-refractivity contribution is 6.23. The molecule has 2 aliphatic rings. The Hall–Kier alpha value is -2.71. The van der Waals surface area contributed by atoms with Crippen LogP contribution in [0.25, 0.3) is 5.76 Å². The largest absolute Gasteiger partial charge is 0.507 e. The number of aromatic hydroxyl groups is 1. The van der Waals surface area contributed by atoms with Crippen LogP contribution in [0.15, 0.2) is 17.7 Å². The zero-order valence-electron chi connectivity index (χ0n) is 15.4. The van der Waals surface area contributed by atoms with E-state index >= 15 is 0 Å². The molecule has 0 aliphatic heterocycles. The molecule has 3 atom stereocenters. The second-order valence-electron chi connectivity index (χ2n) is 7.53. The highest BCUT2D eigenvalue weighted by Gasteiger charge is 2.57. The van der Waals surface area contributed by atoms with Crippen LogP contribution in [0.3, 0.4) is 0 Å². The molecule has 0 spiro atoms. The number of hydrogen-bond donors (Lipinski definition) is 5. The summed E-state index contributed by atoms with van der Waals surface area (Å²) in [6.45, 7) is 1.46. The topological polar surface area (TPSA) is 158 Å². The molecule has 8 nitrogen and oxygen atoms in total. The summed E-state index contributed by atoms with van der Waals surface area (Å²) in [6.07, 6.45) is -0.364. The van der Waals surface area contributed by atoms with Crippen molar-refractivity contribution in [2.75, 3.05) is 6.61 Å². The number of phenolic OH excluding ortho intramolecular Hbond substituents is 1. The Morgan fingerprint density at radius 3 is 2.57 bits per heavy atom. The van der Waals surface area contributed by atoms with E-state index < -0.39 is 47.1 Å². The highest BCUT2D eigenvalue weighted by Crippen LogP contribution is 2.49. The van der Waals surface area contributed by atoms with Gasteiger partial charge in [-0.2, -0.15) is 0 Å². The van der Waals surface area contributed by atoms with Crippen LogP contribution in [0.1, 0.15) is 36.0 Å². The van der Waals surface area contributed by atoms with E-state index in [4.69, 9.17) is 5.73 Å². The number of carbonyl (C=O) groups is 3. The molecule has 0 aromatic heterocycles. The van der Waals surface area contributed by atoms with Crippen LogP contribution in [0.5, 0.6) is 5.75 Å². The van der Waals surface area contributed by atoms with Crippen LogP contribution >= 0.6 is 0 Å². The molecule has 28 heavy (non-hydrogen) atoms. The Morgan fingerprint density at radius 1 is 1.29 bits per heavy atom. The first-order valence-corrected chi connectivity index (χ1v) is 9.07. The fourth-order valence-corrected chi connectivity index (χ4v) is 4.47. The van der Waals surface area contributed by atoms with Crippen molar-refractivity contribution in [1.82, 2.24) is 0 Å². The maximum atomic E-state index is 13.2. The summed E-state index contributed by atoms with van der Waals surface area (Å²) < 4.78 is 0. The molecule has 1 aromatic rings. The molecule has 6 N–H and O–H groups in total. The van der Waals surface area contributed by atoms with E-state index in [0.29, 0.717) is 12.0 Å². The van der Waals surface area contributed by atoms with Gasteiger partial charge in [-0.3, -0.25) is 14.4 Å². The van der Waals surface area contributed by atoms with Crippen LogP contribution in [0.2, 0.25) is 0 Å². The molecular weight excluding hydrogens is 366 g/mol. The van der Waals surface area contributed by atoms with Gasteiger partial charge < -0.3 is 26.2 Å². The van der Waals surface area contributed by atoms with Gasteiger partial charge in [0.2, 0.25) is 11.7 Å². The number of aryl methyl sites for hydroxylation is 1. The van der Waals surface area contributed by atoms with E-state index in [1.807, 2.05) is 6.92 Å². The first kappa shape index (κ1) is 20.0. The van der Waals surface area contributed by atoms with Gasteiger partial charge in [-0.1, -0.05) is 6.07 Å². The van der Waals surface area contributed by atoms with Gasteiger partial charge in [0.25, 0.3) is 0 Å². The second-order valence-corrected chi connectivity index (χ2v) is 7.53. The quantitative estimate of drug-likeness (QED) is 0.453. The molecule has 8 heteroatoms. The Morgan fingerprint density at radius 2 is 1.96 bits per heavy atom. The molecule has 0 radical (unpaired) electrons. The molecule has 0 bridgehead atoms. The molecule has 3 rings (SSSR count). The third-order valence-corrected chi connectivity index (χ3v) is 5.86. The predicted octanol–water partition coefficient (Wildman–Crippen LogP) is 0.289. The zero-order chi connectivity index (χ0) is 20.8. The average molecular weight is 389 g/mol. The SMILES string of the molecule is Cc1ccc(O)c2c1C[C@H]1C[C@@H](CCO)[C@@](O)(C(=O)CC(N)=O)C(=O)C1=C2O. The van der Waals surface area contributed by atoms with E-state index in [1.165, 1.54) is 6.07 Å². The lowest BCUT2D eigenvalue weighted by molar-refractivity contribution is -0.159. The lowest BCUT2D eigenvalue weighted by Gasteiger charge is -2.43. The van der Waals surface area contributed by atoms with Crippen molar-refractivity contribution in [3.8, 4) is 5.75 Å². The van der Waals surface area contributed by atoms with Crippen molar-refractivity contribution in [1.29, 1.82) is 0 Å². The lowest BCUT2D eigenvalue weighted by atomic mass is 9.61. The molecule has 1 fully saturated rings. The maximum absolute atomic E-state index is 13.2. The summed E-state index contributed by atoms with van der Waals surface area (Å²) in [6, 6.07) is 3.10. The zero-order valence-corrected chi connectivity index (χ0v) is 15.4. The minimum Gasteiger partial charge on any atom is -0.507 e. The van der Waals surface area contributed by atoms with E-state index in [-0.39, 0.29) is 36.3 Å². The summed E-state index contributed by atoms with van der Waals surface area (Å²) in [5.41, 5.74) is 3.99. The molecule has 0 saturated heterocycles. The third kappa shape index (κ3) is 2.89. The standard InChI is InChI=1S/C20H23NO7/c1-9-2-3-13(23)17-12(9)7-10-6-11(4-5-22)20(28,14(24)8-15(21)25)19(27)16(10)18(17)26/h2-3,10-11,22-23,26,28H,4-8H2,1H3,(H2,21,25)/t10-,11-,20-/m1/s1. The fraction of sp³-hybridized carbons (Fsp3) is 0.450. The molecule has 1 aromatic carbocycles. The van der Waals surface area contributed by atoms with Crippen LogP contribution in [0, 0.1) is 18.8 Å².